The summed E-state index contributed by atoms with van der Waals surface area (Å²) in [6.45, 7) is 5.90. The van der Waals surface area contributed by atoms with Crippen LogP contribution in [0.25, 0.3) is 0 Å². The topological polar surface area (TPSA) is 21.3 Å². The Morgan fingerprint density at radius 1 is 1.50 bits per heavy atom. The van der Waals surface area contributed by atoms with E-state index in [1.807, 2.05) is 13.8 Å². The first kappa shape index (κ1) is 13.6. The lowest BCUT2D eigenvalue weighted by Crippen LogP contribution is -2.26. The maximum atomic E-state index is 13.4. The number of hydrogen-bond donors (Lipinski definition) is 1. The smallest absolute Gasteiger partial charge is 0.127 e. The molecule has 0 amide bonds. The molecule has 0 aliphatic rings. The number of rotatable bonds is 6. The van der Waals surface area contributed by atoms with E-state index in [1.54, 1.807) is 12.1 Å². The third-order valence-corrected chi connectivity index (χ3v) is 2.70. The predicted octanol–water partition coefficient (Wildman–Crippen LogP) is 3.10. The lowest BCUT2D eigenvalue weighted by Gasteiger charge is -2.12. The standard InChI is InChI=1S/C12H17BrFNO/c1-3-16-9(2)7-15-8-10-6-11(13)4-5-12(10)14/h4-6,9,15H,3,7-8H2,1-2H3. The summed E-state index contributed by atoms with van der Waals surface area (Å²) in [7, 11) is 0. The SMILES string of the molecule is CCOC(C)CNCc1cc(Br)ccc1F. The average molecular weight is 290 g/mol. The van der Waals surface area contributed by atoms with Crippen molar-refractivity contribution in [2.45, 2.75) is 26.5 Å². The van der Waals surface area contributed by atoms with E-state index >= 15 is 0 Å². The van der Waals surface area contributed by atoms with Gasteiger partial charge in [0.1, 0.15) is 5.82 Å². The number of ether oxygens (including phenoxy) is 1. The predicted molar refractivity (Wildman–Crippen MR) is 66.9 cm³/mol. The Balaban J connectivity index is 2.39. The first-order valence-corrected chi connectivity index (χ1v) is 6.19. The molecule has 0 spiro atoms. The van der Waals surface area contributed by atoms with Gasteiger partial charge in [0.2, 0.25) is 0 Å². The molecule has 0 aliphatic heterocycles. The summed E-state index contributed by atoms with van der Waals surface area (Å²) in [6.07, 6.45) is 0.153. The van der Waals surface area contributed by atoms with E-state index in [0.29, 0.717) is 18.7 Å². The Morgan fingerprint density at radius 2 is 2.25 bits per heavy atom. The van der Waals surface area contributed by atoms with Crippen molar-refractivity contribution in [3.8, 4) is 0 Å². The molecule has 0 fully saturated rings. The Labute approximate surface area is 104 Å². The first-order valence-electron chi connectivity index (χ1n) is 5.39. The van der Waals surface area contributed by atoms with E-state index < -0.39 is 0 Å². The highest BCUT2D eigenvalue weighted by Crippen LogP contribution is 2.15. The van der Waals surface area contributed by atoms with E-state index in [2.05, 4.69) is 21.2 Å². The van der Waals surface area contributed by atoms with Crippen molar-refractivity contribution in [3.63, 3.8) is 0 Å². The summed E-state index contributed by atoms with van der Waals surface area (Å²) in [6, 6.07) is 4.95. The van der Waals surface area contributed by atoms with Crippen LogP contribution in [0.5, 0.6) is 0 Å². The average Bonchev–Trinajstić information content (AvgIpc) is 2.23. The molecule has 1 rings (SSSR count). The second-order valence-corrected chi connectivity index (χ2v) is 4.55. The fourth-order valence-electron chi connectivity index (χ4n) is 1.43. The minimum atomic E-state index is -0.181. The molecular weight excluding hydrogens is 273 g/mol. The Hall–Kier alpha value is -0.450. The van der Waals surface area contributed by atoms with Gasteiger partial charge in [-0.25, -0.2) is 4.39 Å². The number of benzene rings is 1. The molecule has 0 saturated heterocycles. The van der Waals surface area contributed by atoms with Gasteiger partial charge in [0.05, 0.1) is 6.10 Å². The van der Waals surface area contributed by atoms with Gasteiger partial charge in [0.25, 0.3) is 0 Å². The van der Waals surface area contributed by atoms with Crippen LogP contribution in [0.2, 0.25) is 0 Å². The van der Waals surface area contributed by atoms with E-state index in [9.17, 15) is 4.39 Å². The monoisotopic (exact) mass is 289 g/mol. The van der Waals surface area contributed by atoms with Crippen LogP contribution in [0.4, 0.5) is 4.39 Å². The van der Waals surface area contributed by atoms with Crippen molar-refractivity contribution >= 4 is 15.9 Å². The summed E-state index contributed by atoms with van der Waals surface area (Å²) < 4.78 is 19.6. The van der Waals surface area contributed by atoms with Gasteiger partial charge in [-0.3, -0.25) is 0 Å². The largest absolute Gasteiger partial charge is 0.377 e. The van der Waals surface area contributed by atoms with E-state index in [0.717, 1.165) is 11.0 Å². The number of nitrogens with one attached hydrogen (secondary N) is 1. The third kappa shape index (κ3) is 4.60. The van der Waals surface area contributed by atoms with Crippen molar-refractivity contribution in [1.82, 2.24) is 5.32 Å². The zero-order valence-electron chi connectivity index (χ0n) is 9.59. The normalized spacial score (nSPS) is 12.8. The van der Waals surface area contributed by atoms with Gasteiger partial charge in [-0.15, -0.1) is 0 Å². The number of halogens is 2. The molecular formula is C12H17BrFNO. The molecule has 1 aromatic rings. The van der Waals surface area contributed by atoms with Crippen LogP contribution in [-0.2, 0) is 11.3 Å². The van der Waals surface area contributed by atoms with E-state index in [-0.39, 0.29) is 11.9 Å². The van der Waals surface area contributed by atoms with Crippen molar-refractivity contribution in [3.05, 3.63) is 34.1 Å². The van der Waals surface area contributed by atoms with Crippen LogP contribution in [-0.4, -0.2) is 19.3 Å². The second kappa shape index (κ2) is 6.99. The fourth-order valence-corrected chi connectivity index (χ4v) is 1.84. The van der Waals surface area contributed by atoms with Gasteiger partial charge >= 0.3 is 0 Å². The molecule has 90 valence electrons. The molecule has 1 unspecified atom stereocenters. The lowest BCUT2D eigenvalue weighted by atomic mass is 10.2. The fraction of sp³-hybridized carbons (Fsp3) is 0.500. The minimum Gasteiger partial charge on any atom is -0.377 e. The quantitative estimate of drug-likeness (QED) is 0.869. The summed E-state index contributed by atoms with van der Waals surface area (Å²) in [5.74, 6) is -0.181. The summed E-state index contributed by atoms with van der Waals surface area (Å²) >= 11 is 3.32. The Morgan fingerprint density at radius 3 is 2.94 bits per heavy atom. The van der Waals surface area contributed by atoms with Gasteiger partial charge in [-0.2, -0.15) is 0 Å². The Kier molecular flexibility index (Phi) is 5.95. The molecule has 0 aromatic heterocycles. The van der Waals surface area contributed by atoms with E-state index in [1.165, 1.54) is 6.07 Å². The Bertz CT molecular complexity index is 333. The maximum Gasteiger partial charge on any atom is 0.127 e. The van der Waals surface area contributed by atoms with Crippen LogP contribution < -0.4 is 5.32 Å². The molecule has 1 N–H and O–H groups in total. The second-order valence-electron chi connectivity index (χ2n) is 3.63. The lowest BCUT2D eigenvalue weighted by molar-refractivity contribution is 0.0759. The molecule has 1 atom stereocenters. The molecule has 2 nitrogen and oxygen atoms in total. The first-order chi connectivity index (χ1) is 7.63. The van der Waals surface area contributed by atoms with Crippen LogP contribution >= 0.6 is 15.9 Å². The molecule has 0 bridgehead atoms. The molecule has 0 aliphatic carbocycles. The minimum absolute atomic E-state index is 0.153. The van der Waals surface area contributed by atoms with Gasteiger partial charge in [-0.05, 0) is 32.0 Å². The highest BCUT2D eigenvalue weighted by Gasteiger charge is 2.04. The van der Waals surface area contributed by atoms with Crippen molar-refractivity contribution in [2.75, 3.05) is 13.2 Å². The van der Waals surface area contributed by atoms with Crippen molar-refractivity contribution < 1.29 is 9.13 Å². The molecule has 16 heavy (non-hydrogen) atoms. The van der Waals surface area contributed by atoms with Crippen LogP contribution in [0.15, 0.2) is 22.7 Å². The molecule has 0 radical (unpaired) electrons. The maximum absolute atomic E-state index is 13.4. The molecule has 0 saturated carbocycles. The zero-order valence-corrected chi connectivity index (χ0v) is 11.2. The third-order valence-electron chi connectivity index (χ3n) is 2.21. The van der Waals surface area contributed by atoms with Gasteiger partial charge in [-0.1, -0.05) is 15.9 Å². The molecule has 1 aromatic carbocycles. The summed E-state index contributed by atoms with van der Waals surface area (Å²) in [4.78, 5) is 0. The van der Waals surface area contributed by atoms with Gasteiger partial charge in [0.15, 0.2) is 0 Å². The highest BCUT2D eigenvalue weighted by molar-refractivity contribution is 9.10. The van der Waals surface area contributed by atoms with Crippen molar-refractivity contribution in [1.29, 1.82) is 0 Å². The van der Waals surface area contributed by atoms with Gasteiger partial charge in [0, 0.05) is 29.7 Å². The van der Waals surface area contributed by atoms with Crippen molar-refractivity contribution in [2.24, 2.45) is 0 Å². The van der Waals surface area contributed by atoms with Gasteiger partial charge < -0.3 is 10.1 Å². The van der Waals surface area contributed by atoms with E-state index in [4.69, 9.17) is 4.74 Å². The zero-order chi connectivity index (χ0) is 12.0. The summed E-state index contributed by atoms with van der Waals surface area (Å²) in [5, 5.41) is 3.17. The number of hydrogen-bond acceptors (Lipinski definition) is 2. The van der Waals surface area contributed by atoms with Crippen LogP contribution in [0.1, 0.15) is 19.4 Å². The molecule has 0 heterocycles. The highest BCUT2D eigenvalue weighted by atomic mass is 79.9. The van der Waals surface area contributed by atoms with Crippen LogP contribution in [0.3, 0.4) is 0 Å². The summed E-state index contributed by atoms with van der Waals surface area (Å²) in [5.41, 5.74) is 0.665. The molecule has 4 heteroatoms. The van der Waals surface area contributed by atoms with Crippen LogP contribution in [0, 0.1) is 5.82 Å².